The molecule has 5 nitrogen and oxygen atoms in total. The summed E-state index contributed by atoms with van der Waals surface area (Å²) in [6.07, 6.45) is 5.36. The lowest BCUT2D eigenvalue weighted by Crippen LogP contribution is -2.01. The fourth-order valence-corrected chi connectivity index (χ4v) is 3.86. The van der Waals surface area contributed by atoms with Crippen molar-refractivity contribution in [1.82, 2.24) is 19.7 Å². The molecule has 0 aliphatic rings. The van der Waals surface area contributed by atoms with Crippen molar-refractivity contribution in [2.45, 2.75) is 24.4 Å². The van der Waals surface area contributed by atoms with E-state index < -0.39 is 0 Å². The third kappa shape index (κ3) is 3.04. The molecule has 0 radical (unpaired) electrons. The highest BCUT2D eigenvalue weighted by molar-refractivity contribution is 7.98. The van der Waals surface area contributed by atoms with Gasteiger partial charge in [-0.1, -0.05) is 42.1 Å². The van der Waals surface area contributed by atoms with Gasteiger partial charge in [0, 0.05) is 23.9 Å². The SMILES string of the molecule is C=CCn1c(SCc2cccc3cccnc23)nnc1-c1ccoc1C. The van der Waals surface area contributed by atoms with E-state index in [1.54, 1.807) is 18.0 Å². The molecule has 3 heterocycles. The number of rotatable bonds is 6. The number of aryl methyl sites for hydroxylation is 1. The van der Waals surface area contributed by atoms with Crippen LogP contribution in [0.4, 0.5) is 0 Å². The van der Waals surface area contributed by atoms with Crippen LogP contribution in [0.3, 0.4) is 0 Å². The maximum Gasteiger partial charge on any atom is 0.192 e. The fourth-order valence-electron chi connectivity index (χ4n) is 2.93. The minimum Gasteiger partial charge on any atom is -0.469 e. The molecule has 0 atom stereocenters. The van der Waals surface area contributed by atoms with E-state index in [0.717, 1.165) is 39.0 Å². The Morgan fingerprint density at radius 3 is 2.88 bits per heavy atom. The zero-order valence-electron chi connectivity index (χ0n) is 14.4. The van der Waals surface area contributed by atoms with Crippen molar-refractivity contribution in [2.24, 2.45) is 0 Å². The van der Waals surface area contributed by atoms with E-state index in [1.165, 1.54) is 5.56 Å². The minimum atomic E-state index is 0.642. The van der Waals surface area contributed by atoms with Crippen LogP contribution >= 0.6 is 11.8 Å². The number of hydrogen-bond acceptors (Lipinski definition) is 5. The molecule has 4 aromatic rings. The van der Waals surface area contributed by atoms with Gasteiger partial charge < -0.3 is 4.42 Å². The van der Waals surface area contributed by atoms with Gasteiger partial charge in [0.25, 0.3) is 0 Å². The molecule has 4 rings (SSSR count). The number of allylic oxidation sites excluding steroid dienone is 1. The number of nitrogens with zero attached hydrogens (tertiary/aromatic N) is 4. The Balaban J connectivity index is 1.65. The highest BCUT2D eigenvalue weighted by Crippen LogP contribution is 2.30. The first-order chi connectivity index (χ1) is 12.8. The van der Waals surface area contributed by atoms with Crippen molar-refractivity contribution in [3.8, 4) is 11.4 Å². The lowest BCUT2D eigenvalue weighted by Gasteiger charge is -2.08. The summed E-state index contributed by atoms with van der Waals surface area (Å²) in [7, 11) is 0. The minimum absolute atomic E-state index is 0.642. The lowest BCUT2D eigenvalue weighted by atomic mass is 10.1. The van der Waals surface area contributed by atoms with E-state index >= 15 is 0 Å². The number of pyridine rings is 1. The quantitative estimate of drug-likeness (QED) is 0.362. The maximum absolute atomic E-state index is 5.42. The molecule has 0 unspecified atom stereocenters. The Morgan fingerprint density at radius 2 is 2.08 bits per heavy atom. The number of thioether (sulfide) groups is 1. The molecule has 0 bridgehead atoms. The summed E-state index contributed by atoms with van der Waals surface area (Å²) in [6, 6.07) is 12.2. The molecule has 0 N–H and O–H groups in total. The molecule has 0 saturated carbocycles. The Labute approximate surface area is 155 Å². The van der Waals surface area contributed by atoms with Gasteiger partial charge in [0.05, 0.1) is 17.3 Å². The predicted octanol–water partition coefficient (Wildman–Crippen LogP) is 4.87. The van der Waals surface area contributed by atoms with Gasteiger partial charge in [-0.25, -0.2) is 0 Å². The summed E-state index contributed by atoms with van der Waals surface area (Å²) in [5.41, 5.74) is 3.17. The van der Waals surface area contributed by atoms with Crippen LogP contribution in [0.15, 0.2) is 71.1 Å². The Kier molecular flexibility index (Phi) is 4.58. The normalized spacial score (nSPS) is 11.1. The van der Waals surface area contributed by atoms with Crippen LogP contribution in [0.25, 0.3) is 22.3 Å². The van der Waals surface area contributed by atoms with Gasteiger partial charge >= 0.3 is 0 Å². The van der Waals surface area contributed by atoms with E-state index in [-0.39, 0.29) is 0 Å². The molecule has 26 heavy (non-hydrogen) atoms. The van der Waals surface area contributed by atoms with Crippen molar-refractivity contribution >= 4 is 22.7 Å². The summed E-state index contributed by atoms with van der Waals surface area (Å²) >= 11 is 1.65. The number of fused-ring (bicyclic) bond motifs is 1. The molecule has 0 fully saturated rings. The second-order valence-electron chi connectivity index (χ2n) is 5.88. The standard InChI is InChI=1S/C20H18N4OS/c1-3-11-24-19(17-9-12-25-14(17)2)22-23-20(24)26-13-16-7-4-6-15-8-5-10-21-18(15)16/h3-10,12H,1,11,13H2,2H3. The predicted molar refractivity (Wildman–Crippen MR) is 104 cm³/mol. The van der Waals surface area contributed by atoms with Gasteiger partial charge in [-0.05, 0) is 24.6 Å². The van der Waals surface area contributed by atoms with Crippen LogP contribution in [0, 0.1) is 6.92 Å². The molecule has 3 aromatic heterocycles. The van der Waals surface area contributed by atoms with Crippen LogP contribution in [-0.2, 0) is 12.3 Å². The molecule has 1 aromatic carbocycles. The van der Waals surface area contributed by atoms with Crippen molar-refractivity contribution in [1.29, 1.82) is 0 Å². The third-order valence-corrected chi connectivity index (χ3v) is 5.22. The highest BCUT2D eigenvalue weighted by Gasteiger charge is 2.17. The van der Waals surface area contributed by atoms with E-state index in [9.17, 15) is 0 Å². The molecular weight excluding hydrogens is 344 g/mol. The van der Waals surface area contributed by atoms with Crippen LogP contribution < -0.4 is 0 Å². The van der Waals surface area contributed by atoms with Gasteiger partial charge in [-0.3, -0.25) is 9.55 Å². The molecular formula is C20H18N4OS. The maximum atomic E-state index is 5.42. The lowest BCUT2D eigenvalue weighted by molar-refractivity contribution is 0.534. The van der Waals surface area contributed by atoms with Gasteiger partial charge in [0.1, 0.15) is 5.76 Å². The summed E-state index contributed by atoms with van der Waals surface area (Å²) in [5.74, 6) is 2.40. The largest absolute Gasteiger partial charge is 0.469 e. The van der Waals surface area contributed by atoms with Crippen LogP contribution in [0.2, 0.25) is 0 Å². The molecule has 0 aliphatic heterocycles. The van der Waals surface area contributed by atoms with E-state index in [1.807, 2.05) is 31.3 Å². The van der Waals surface area contributed by atoms with Crippen molar-refractivity contribution in [3.05, 3.63) is 72.8 Å². The van der Waals surface area contributed by atoms with Gasteiger partial charge in [0.15, 0.2) is 11.0 Å². The second-order valence-corrected chi connectivity index (χ2v) is 6.82. The number of hydrogen-bond donors (Lipinski definition) is 0. The summed E-state index contributed by atoms with van der Waals surface area (Å²) in [6.45, 7) is 6.43. The van der Waals surface area contributed by atoms with Crippen LogP contribution in [0.5, 0.6) is 0 Å². The molecule has 6 heteroatoms. The average Bonchev–Trinajstić information content (AvgIpc) is 3.26. The van der Waals surface area contributed by atoms with Crippen LogP contribution in [0.1, 0.15) is 11.3 Å². The first-order valence-corrected chi connectivity index (χ1v) is 9.30. The number of furan rings is 1. The van der Waals surface area contributed by atoms with E-state index in [0.29, 0.717) is 6.54 Å². The molecule has 0 saturated heterocycles. The summed E-state index contributed by atoms with van der Waals surface area (Å²) < 4.78 is 7.48. The number of aromatic nitrogens is 4. The van der Waals surface area contributed by atoms with Crippen molar-refractivity contribution in [2.75, 3.05) is 0 Å². The third-order valence-electron chi connectivity index (χ3n) is 4.20. The Bertz CT molecular complexity index is 1060. The van der Waals surface area contributed by atoms with Gasteiger partial charge in [-0.2, -0.15) is 0 Å². The molecule has 0 spiro atoms. The van der Waals surface area contributed by atoms with Gasteiger partial charge in [0.2, 0.25) is 0 Å². The zero-order valence-corrected chi connectivity index (χ0v) is 15.2. The highest BCUT2D eigenvalue weighted by atomic mass is 32.2. The molecule has 0 aliphatic carbocycles. The van der Waals surface area contributed by atoms with E-state index in [4.69, 9.17) is 4.42 Å². The first kappa shape index (κ1) is 16.6. The zero-order chi connectivity index (χ0) is 17.9. The monoisotopic (exact) mass is 362 g/mol. The smallest absolute Gasteiger partial charge is 0.192 e. The van der Waals surface area contributed by atoms with Crippen LogP contribution in [-0.4, -0.2) is 19.7 Å². The number of benzene rings is 1. The van der Waals surface area contributed by atoms with Crippen molar-refractivity contribution in [3.63, 3.8) is 0 Å². The fraction of sp³-hybridized carbons (Fsp3) is 0.150. The average molecular weight is 362 g/mol. The summed E-state index contributed by atoms with van der Waals surface area (Å²) in [4.78, 5) is 4.52. The summed E-state index contributed by atoms with van der Waals surface area (Å²) in [5, 5.41) is 10.8. The van der Waals surface area contributed by atoms with Gasteiger partial charge in [-0.15, -0.1) is 16.8 Å². The number of para-hydroxylation sites is 1. The topological polar surface area (TPSA) is 56.7 Å². The second kappa shape index (κ2) is 7.17. The first-order valence-electron chi connectivity index (χ1n) is 8.32. The molecule has 130 valence electrons. The Morgan fingerprint density at radius 1 is 1.19 bits per heavy atom. The van der Waals surface area contributed by atoms with E-state index in [2.05, 4.69) is 50.6 Å². The van der Waals surface area contributed by atoms with Crippen molar-refractivity contribution < 1.29 is 4.42 Å². The molecule has 0 amide bonds. The Hall–Kier alpha value is -2.86.